The Bertz CT molecular complexity index is 841. The van der Waals surface area contributed by atoms with Gasteiger partial charge in [0.25, 0.3) is 0 Å². The molecule has 0 atom stereocenters. The third-order valence-corrected chi connectivity index (χ3v) is 5.74. The zero-order valence-corrected chi connectivity index (χ0v) is 13.0. The van der Waals surface area contributed by atoms with E-state index in [2.05, 4.69) is 34.2 Å². The van der Waals surface area contributed by atoms with Crippen LogP contribution in [0.4, 0.5) is 5.82 Å². The van der Waals surface area contributed by atoms with Crippen molar-refractivity contribution in [3.05, 3.63) is 41.2 Å². The van der Waals surface area contributed by atoms with Gasteiger partial charge >= 0.3 is 0 Å². The molecular formula is C15H12N4S2. The number of benzene rings is 1. The fourth-order valence-electron chi connectivity index (χ4n) is 2.36. The summed E-state index contributed by atoms with van der Waals surface area (Å²) in [5.41, 5.74) is 9.12. The van der Waals surface area contributed by atoms with Crippen LogP contribution >= 0.6 is 23.1 Å². The normalized spacial score (nSPS) is 12.8. The van der Waals surface area contributed by atoms with Gasteiger partial charge in [0.05, 0.1) is 11.3 Å². The maximum atomic E-state index is 6.02. The number of nitrogens with two attached hydrogens (primary N) is 1. The number of hydrogen-bond donors (Lipinski definition) is 1. The number of nitrogens with zero attached hydrogens (tertiary/aromatic N) is 3. The van der Waals surface area contributed by atoms with Gasteiger partial charge in [0.15, 0.2) is 0 Å². The molecule has 4 rings (SSSR count). The van der Waals surface area contributed by atoms with Gasteiger partial charge in [0.1, 0.15) is 16.6 Å². The molecule has 0 saturated carbocycles. The second kappa shape index (κ2) is 4.82. The minimum Gasteiger partial charge on any atom is -0.383 e. The third kappa shape index (κ3) is 2.11. The van der Waals surface area contributed by atoms with Crippen LogP contribution in [0.15, 0.2) is 35.4 Å². The van der Waals surface area contributed by atoms with Crippen LogP contribution in [0.3, 0.4) is 0 Å². The Balaban J connectivity index is 1.87. The molecule has 1 aliphatic heterocycles. The van der Waals surface area contributed by atoms with E-state index >= 15 is 0 Å². The van der Waals surface area contributed by atoms with Gasteiger partial charge in [-0.15, -0.1) is 23.1 Å². The number of aryl methyl sites for hydroxylation is 1. The maximum Gasteiger partial charge on any atom is 0.137 e. The lowest BCUT2D eigenvalue weighted by atomic mass is 10.1. The average molecular weight is 312 g/mol. The van der Waals surface area contributed by atoms with Crippen molar-refractivity contribution in [2.45, 2.75) is 17.6 Å². The van der Waals surface area contributed by atoms with Crippen molar-refractivity contribution in [3.63, 3.8) is 0 Å². The SMILES string of the molecule is Cc1ncc(-c2nc3c(s2)CSc2ccccc2-3)c(N)n1. The number of hydrogen-bond acceptors (Lipinski definition) is 6. The van der Waals surface area contributed by atoms with Gasteiger partial charge < -0.3 is 5.73 Å². The summed E-state index contributed by atoms with van der Waals surface area (Å²) in [4.78, 5) is 15.8. The first-order valence-electron chi connectivity index (χ1n) is 6.54. The van der Waals surface area contributed by atoms with E-state index in [1.165, 1.54) is 15.3 Å². The number of nitrogen functional groups attached to an aromatic ring is 1. The Morgan fingerprint density at radius 3 is 2.86 bits per heavy atom. The lowest BCUT2D eigenvalue weighted by Crippen LogP contribution is -1.98. The fraction of sp³-hybridized carbons (Fsp3) is 0.133. The standard InChI is InChI=1S/C15H12N4S2/c1-8-17-6-10(14(16)18-8)15-19-13-9-4-2-3-5-11(9)20-7-12(13)21-15/h2-6H,7H2,1H3,(H2,16,17,18). The molecule has 21 heavy (non-hydrogen) atoms. The number of thioether (sulfide) groups is 1. The molecule has 4 nitrogen and oxygen atoms in total. The zero-order valence-electron chi connectivity index (χ0n) is 11.3. The van der Waals surface area contributed by atoms with Gasteiger partial charge in [-0.3, -0.25) is 0 Å². The van der Waals surface area contributed by atoms with Crippen LogP contribution in [0.1, 0.15) is 10.7 Å². The molecule has 0 aliphatic carbocycles. The van der Waals surface area contributed by atoms with E-state index in [1.54, 1.807) is 17.5 Å². The molecular weight excluding hydrogens is 300 g/mol. The van der Waals surface area contributed by atoms with Crippen molar-refractivity contribution in [2.75, 3.05) is 5.73 Å². The molecule has 0 saturated heterocycles. The highest BCUT2D eigenvalue weighted by Crippen LogP contribution is 2.45. The monoisotopic (exact) mass is 312 g/mol. The minimum atomic E-state index is 0.495. The summed E-state index contributed by atoms with van der Waals surface area (Å²) >= 11 is 3.53. The molecule has 3 aromatic rings. The van der Waals surface area contributed by atoms with Crippen LogP contribution in [0, 0.1) is 6.92 Å². The van der Waals surface area contributed by atoms with E-state index in [9.17, 15) is 0 Å². The number of fused-ring (bicyclic) bond motifs is 3. The Hall–Kier alpha value is -1.92. The van der Waals surface area contributed by atoms with Crippen molar-refractivity contribution in [2.24, 2.45) is 0 Å². The molecule has 0 bridgehead atoms. The molecule has 0 fully saturated rings. The van der Waals surface area contributed by atoms with E-state index in [0.717, 1.165) is 22.0 Å². The van der Waals surface area contributed by atoms with E-state index in [4.69, 9.17) is 10.7 Å². The van der Waals surface area contributed by atoms with Gasteiger partial charge in [0, 0.05) is 27.3 Å². The number of rotatable bonds is 1. The Kier molecular flexibility index (Phi) is 2.94. The molecule has 0 amide bonds. The molecule has 1 aromatic carbocycles. The van der Waals surface area contributed by atoms with Crippen LogP contribution in [0.25, 0.3) is 21.8 Å². The smallest absolute Gasteiger partial charge is 0.137 e. The highest BCUT2D eigenvalue weighted by molar-refractivity contribution is 7.98. The molecule has 3 heterocycles. The number of thiazole rings is 1. The predicted octanol–water partition coefficient (Wildman–Crippen LogP) is 3.76. The van der Waals surface area contributed by atoms with E-state index in [0.29, 0.717) is 11.6 Å². The second-order valence-corrected chi connectivity index (χ2v) is 6.89. The lowest BCUT2D eigenvalue weighted by Gasteiger charge is -2.13. The van der Waals surface area contributed by atoms with Gasteiger partial charge in [0.2, 0.25) is 0 Å². The second-order valence-electron chi connectivity index (χ2n) is 4.79. The lowest BCUT2D eigenvalue weighted by molar-refractivity contribution is 1.06. The number of aromatic nitrogens is 3. The Labute approximate surface area is 130 Å². The Morgan fingerprint density at radius 1 is 1.14 bits per heavy atom. The number of anilines is 1. The van der Waals surface area contributed by atoms with Gasteiger partial charge in [-0.2, -0.15) is 0 Å². The first-order valence-corrected chi connectivity index (χ1v) is 8.34. The summed E-state index contributed by atoms with van der Waals surface area (Å²) in [7, 11) is 0. The van der Waals surface area contributed by atoms with Crippen molar-refractivity contribution in [1.29, 1.82) is 0 Å². The molecule has 1 aliphatic rings. The highest BCUT2D eigenvalue weighted by atomic mass is 32.2. The molecule has 104 valence electrons. The first kappa shape index (κ1) is 12.8. The van der Waals surface area contributed by atoms with Crippen LogP contribution in [0.2, 0.25) is 0 Å². The summed E-state index contributed by atoms with van der Waals surface area (Å²) in [6, 6.07) is 8.39. The summed E-state index contributed by atoms with van der Waals surface area (Å²) < 4.78 is 0. The predicted molar refractivity (Wildman–Crippen MR) is 87.3 cm³/mol. The van der Waals surface area contributed by atoms with Crippen molar-refractivity contribution < 1.29 is 0 Å². The van der Waals surface area contributed by atoms with E-state index < -0.39 is 0 Å². The summed E-state index contributed by atoms with van der Waals surface area (Å²) in [6.45, 7) is 1.83. The van der Waals surface area contributed by atoms with Gasteiger partial charge in [-0.1, -0.05) is 18.2 Å². The molecule has 0 radical (unpaired) electrons. The van der Waals surface area contributed by atoms with Crippen LogP contribution in [0.5, 0.6) is 0 Å². The van der Waals surface area contributed by atoms with E-state index in [-0.39, 0.29) is 0 Å². The Morgan fingerprint density at radius 2 is 2.00 bits per heavy atom. The largest absolute Gasteiger partial charge is 0.383 e. The van der Waals surface area contributed by atoms with Crippen LogP contribution < -0.4 is 5.73 Å². The molecule has 0 unspecified atom stereocenters. The van der Waals surface area contributed by atoms with Crippen molar-refractivity contribution >= 4 is 28.9 Å². The van der Waals surface area contributed by atoms with E-state index in [1.807, 2.05) is 18.7 Å². The molecule has 2 aromatic heterocycles. The topological polar surface area (TPSA) is 64.7 Å². The van der Waals surface area contributed by atoms with Gasteiger partial charge in [-0.25, -0.2) is 15.0 Å². The minimum absolute atomic E-state index is 0.495. The van der Waals surface area contributed by atoms with Crippen LogP contribution in [-0.4, -0.2) is 15.0 Å². The summed E-state index contributed by atoms with van der Waals surface area (Å²) in [6.07, 6.45) is 1.76. The van der Waals surface area contributed by atoms with Gasteiger partial charge in [-0.05, 0) is 13.0 Å². The highest BCUT2D eigenvalue weighted by Gasteiger charge is 2.22. The van der Waals surface area contributed by atoms with Crippen molar-refractivity contribution in [3.8, 4) is 21.8 Å². The third-order valence-electron chi connectivity index (χ3n) is 3.37. The van der Waals surface area contributed by atoms with Crippen molar-refractivity contribution in [1.82, 2.24) is 15.0 Å². The average Bonchev–Trinajstić information content (AvgIpc) is 2.91. The summed E-state index contributed by atoms with van der Waals surface area (Å²) in [5.74, 6) is 2.13. The first-order chi connectivity index (χ1) is 10.2. The quantitative estimate of drug-likeness (QED) is 0.741. The van der Waals surface area contributed by atoms with Crippen LogP contribution in [-0.2, 0) is 5.75 Å². The molecule has 6 heteroatoms. The molecule has 2 N–H and O–H groups in total. The zero-order chi connectivity index (χ0) is 14.4. The molecule has 0 spiro atoms. The fourth-order valence-corrected chi connectivity index (χ4v) is 4.58. The summed E-state index contributed by atoms with van der Waals surface area (Å²) in [5, 5.41) is 0.898. The maximum absolute atomic E-state index is 6.02.